The number of nitrogens with two attached hydrogens (primary N) is 1. The van der Waals surface area contributed by atoms with Crippen molar-refractivity contribution in [3.05, 3.63) is 29.0 Å². The quantitative estimate of drug-likeness (QED) is 0.632. The lowest BCUT2D eigenvalue weighted by Gasteiger charge is -2.15. The van der Waals surface area contributed by atoms with Crippen molar-refractivity contribution in [1.29, 1.82) is 0 Å². The first-order valence-electron chi connectivity index (χ1n) is 5.83. The van der Waals surface area contributed by atoms with Crippen LogP contribution in [-0.4, -0.2) is 29.1 Å². The second-order valence-electron chi connectivity index (χ2n) is 4.12. The van der Waals surface area contributed by atoms with Crippen molar-refractivity contribution >= 4 is 35.2 Å². The third-order valence-electron chi connectivity index (χ3n) is 2.46. The van der Waals surface area contributed by atoms with Crippen LogP contribution in [0.2, 0.25) is 5.02 Å². The van der Waals surface area contributed by atoms with Crippen molar-refractivity contribution in [2.75, 3.05) is 5.32 Å². The minimum absolute atomic E-state index is 0.00629. The Kier molecular flexibility index (Phi) is 5.92. The van der Waals surface area contributed by atoms with Crippen LogP contribution in [0, 0.1) is 5.82 Å². The Bertz CT molecular complexity index is 567. The van der Waals surface area contributed by atoms with Gasteiger partial charge in [-0.25, -0.2) is 14.0 Å². The number of carboxylic acid groups (broad SMARTS) is 1. The Hall–Kier alpha value is -2.35. The molecule has 7 nitrogen and oxygen atoms in total. The summed E-state index contributed by atoms with van der Waals surface area (Å²) in [5, 5.41) is 13.4. The van der Waals surface area contributed by atoms with E-state index in [0.29, 0.717) is 0 Å². The van der Waals surface area contributed by atoms with Gasteiger partial charge in [-0.05, 0) is 24.6 Å². The maximum absolute atomic E-state index is 13.0. The van der Waals surface area contributed by atoms with Crippen molar-refractivity contribution in [3.8, 4) is 0 Å². The van der Waals surface area contributed by atoms with Crippen LogP contribution in [0.15, 0.2) is 18.2 Å². The highest BCUT2D eigenvalue weighted by Crippen LogP contribution is 2.22. The zero-order valence-corrected chi connectivity index (χ0v) is 11.5. The van der Waals surface area contributed by atoms with Crippen molar-refractivity contribution in [2.24, 2.45) is 5.73 Å². The van der Waals surface area contributed by atoms with Crippen LogP contribution in [0.1, 0.15) is 12.8 Å². The first-order chi connectivity index (χ1) is 9.79. The second-order valence-corrected chi connectivity index (χ2v) is 4.53. The van der Waals surface area contributed by atoms with Gasteiger partial charge in [0.2, 0.25) is 5.91 Å². The van der Waals surface area contributed by atoms with Gasteiger partial charge in [-0.1, -0.05) is 11.6 Å². The second kappa shape index (κ2) is 7.44. The molecule has 21 heavy (non-hydrogen) atoms. The van der Waals surface area contributed by atoms with Gasteiger partial charge in [0, 0.05) is 6.42 Å². The van der Waals surface area contributed by atoms with Crippen LogP contribution in [0.5, 0.6) is 0 Å². The number of hydrogen-bond donors (Lipinski definition) is 4. The summed E-state index contributed by atoms with van der Waals surface area (Å²) in [6, 6.07) is 1.15. The van der Waals surface area contributed by atoms with Crippen LogP contribution in [0.4, 0.5) is 14.9 Å². The van der Waals surface area contributed by atoms with E-state index >= 15 is 0 Å². The maximum atomic E-state index is 13.0. The number of rotatable bonds is 6. The Morgan fingerprint density at radius 1 is 1.38 bits per heavy atom. The molecule has 114 valence electrons. The molecule has 0 fully saturated rings. The van der Waals surface area contributed by atoms with Crippen molar-refractivity contribution in [3.63, 3.8) is 0 Å². The minimum Gasteiger partial charge on any atom is -0.480 e. The zero-order valence-electron chi connectivity index (χ0n) is 10.7. The molecule has 0 aliphatic rings. The molecule has 1 atom stereocenters. The van der Waals surface area contributed by atoms with E-state index in [-0.39, 0.29) is 23.6 Å². The summed E-state index contributed by atoms with van der Waals surface area (Å²) in [7, 11) is 0. The Balaban J connectivity index is 2.67. The van der Waals surface area contributed by atoms with Crippen molar-refractivity contribution in [2.45, 2.75) is 18.9 Å². The van der Waals surface area contributed by atoms with E-state index in [1.165, 1.54) is 6.07 Å². The summed E-state index contributed by atoms with van der Waals surface area (Å²) < 4.78 is 13.0. The van der Waals surface area contributed by atoms with E-state index in [4.69, 9.17) is 22.4 Å². The third kappa shape index (κ3) is 5.65. The number of hydrogen-bond acceptors (Lipinski definition) is 3. The van der Waals surface area contributed by atoms with Crippen LogP contribution >= 0.6 is 11.6 Å². The fourth-order valence-electron chi connectivity index (χ4n) is 1.45. The summed E-state index contributed by atoms with van der Waals surface area (Å²) in [6.45, 7) is 0. The molecule has 1 aromatic rings. The molecule has 3 amide bonds. The van der Waals surface area contributed by atoms with Gasteiger partial charge in [0.15, 0.2) is 0 Å². The number of aliphatic carboxylic acids is 1. The molecule has 1 unspecified atom stereocenters. The van der Waals surface area contributed by atoms with Crippen molar-refractivity contribution < 1.29 is 23.9 Å². The highest BCUT2D eigenvalue weighted by atomic mass is 35.5. The van der Waals surface area contributed by atoms with Gasteiger partial charge in [-0.2, -0.15) is 0 Å². The van der Waals surface area contributed by atoms with E-state index < -0.39 is 29.8 Å². The number of nitrogens with one attached hydrogen (secondary N) is 2. The predicted molar refractivity (Wildman–Crippen MR) is 73.4 cm³/mol. The number of carbonyl (C=O) groups is 3. The number of halogens is 2. The van der Waals surface area contributed by atoms with Crippen LogP contribution in [-0.2, 0) is 9.59 Å². The molecule has 5 N–H and O–H groups in total. The van der Waals surface area contributed by atoms with Gasteiger partial charge in [0.05, 0.1) is 10.7 Å². The van der Waals surface area contributed by atoms with Gasteiger partial charge >= 0.3 is 12.0 Å². The van der Waals surface area contributed by atoms with Gasteiger partial charge in [0.1, 0.15) is 11.9 Å². The minimum atomic E-state index is -1.32. The lowest BCUT2D eigenvalue weighted by atomic mass is 10.1. The fraction of sp³-hybridized carbons (Fsp3) is 0.250. The molecule has 0 heterocycles. The Morgan fingerprint density at radius 2 is 2.05 bits per heavy atom. The molecule has 0 aromatic heterocycles. The normalized spacial score (nSPS) is 11.5. The average molecular weight is 318 g/mol. The predicted octanol–water partition coefficient (Wildman–Crippen LogP) is 1.32. The molecule has 1 aromatic carbocycles. The molecule has 0 radical (unpaired) electrons. The van der Waals surface area contributed by atoms with Gasteiger partial charge < -0.3 is 21.5 Å². The molecule has 0 aliphatic heterocycles. The summed E-state index contributed by atoms with van der Waals surface area (Å²) in [5.74, 6) is -2.62. The zero-order chi connectivity index (χ0) is 16.0. The monoisotopic (exact) mass is 317 g/mol. The van der Waals surface area contributed by atoms with Gasteiger partial charge in [-0.15, -0.1) is 0 Å². The summed E-state index contributed by atoms with van der Waals surface area (Å²) in [5.41, 5.74) is 4.91. The molecular weight excluding hydrogens is 305 g/mol. The number of carbonyl (C=O) groups excluding carboxylic acids is 2. The van der Waals surface area contributed by atoms with E-state index in [9.17, 15) is 18.8 Å². The smallest absolute Gasteiger partial charge is 0.326 e. The fourth-order valence-corrected chi connectivity index (χ4v) is 1.62. The molecule has 1 rings (SSSR count). The molecular formula is C12H13ClFN3O4. The van der Waals surface area contributed by atoms with Gasteiger partial charge in [0.25, 0.3) is 0 Å². The Labute approximate surface area is 124 Å². The lowest BCUT2D eigenvalue weighted by Crippen LogP contribution is -2.43. The van der Waals surface area contributed by atoms with E-state index in [1.54, 1.807) is 0 Å². The summed E-state index contributed by atoms with van der Waals surface area (Å²) in [4.78, 5) is 33.2. The number of amides is 3. The van der Waals surface area contributed by atoms with E-state index in [2.05, 4.69) is 10.6 Å². The number of urea groups is 1. The van der Waals surface area contributed by atoms with E-state index in [0.717, 1.165) is 12.1 Å². The van der Waals surface area contributed by atoms with Crippen LogP contribution in [0.3, 0.4) is 0 Å². The highest BCUT2D eigenvalue weighted by Gasteiger charge is 2.20. The third-order valence-corrected chi connectivity index (χ3v) is 2.79. The lowest BCUT2D eigenvalue weighted by molar-refractivity contribution is -0.139. The summed E-state index contributed by atoms with van der Waals surface area (Å²) >= 11 is 5.76. The molecule has 0 bridgehead atoms. The first kappa shape index (κ1) is 16.7. The van der Waals surface area contributed by atoms with Crippen molar-refractivity contribution in [1.82, 2.24) is 5.32 Å². The SMILES string of the molecule is NC(=O)CCC(NC(=O)Nc1cc(F)ccc1Cl)C(=O)O. The first-order valence-corrected chi connectivity index (χ1v) is 6.21. The largest absolute Gasteiger partial charge is 0.480 e. The molecule has 0 aliphatic carbocycles. The number of anilines is 1. The van der Waals surface area contributed by atoms with E-state index in [1.807, 2.05) is 0 Å². The van der Waals surface area contributed by atoms with Crippen LogP contribution in [0.25, 0.3) is 0 Å². The number of benzene rings is 1. The maximum Gasteiger partial charge on any atom is 0.326 e. The molecule has 0 spiro atoms. The highest BCUT2D eigenvalue weighted by molar-refractivity contribution is 6.33. The topological polar surface area (TPSA) is 122 Å². The molecule has 9 heteroatoms. The summed E-state index contributed by atoms with van der Waals surface area (Å²) in [6.07, 6.45) is -0.354. The average Bonchev–Trinajstić information content (AvgIpc) is 2.38. The molecule has 0 saturated carbocycles. The Morgan fingerprint density at radius 3 is 2.62 bits per heavy atom. The standard InChI is InChI=1S/C12H13ClFN3O4/c13-7-2-1-6(14)5-9(7)17-12(21)16-8(11(19)20)3-4-10(15)18/h1-2,5,8H,3-4H2,(H2,15,18)(H,19,20)(H2,16,17,21). The van der Waals surface area contributed by atoms with Crippen LogP contribution < -0.4 is 16.4 Å². The molecule has 0 saturated heterocycles. The van der Waals surface area contributed by atoms with Gasteiger partial charge in [-0.3, -0.25) is 4.79 Å². The number of carboxylic acids is 1. The number of primary amides is 1.